The Hall–Kier alpha value is -2.14. The lowest BCUT2D eigenvalue weighted by Crippen LogP contribution is -2.27. The van der Waals surface area contributed by atoms with Crippen molar-refractivity contribution in [2.45, 2.75) is 26.2 Å². The van der Waals surface area contributed by atoms with Gasteiger partial charge in [0.1, 0.15) is 6.33 Å². The van der Waals surface area contributed by atoms with E-state index in [4.69, 9.17) is 5.73 Å². The highest BCUT2D eigenvalue weighted by Crippen LogP contribution is 2.15. The summed E-state index contributed by atoms with van der Waals surface area (Å²) in [6.45, 7) is 4.58. The maximum atomic E-state index is 12.2. The Kier molecular flexibility index (Phi) is 6.79. The zero-order chi connectivity index (χ0) is 15.2. The lowest BCUT2D eigenvalue weighted by molar-refractivity contribution is 0.0952. The molecule has 6 heteroatoms. The first-order valence-corrected chi connectivity index (χ1v) is 7.00. The number of nitrogens with two attached hydrogens (primary N) is 1. The smallest absolute Gasteiger partial charge is 0.254 e. The van der Waals surface area contributed by atoms with Gasteiger partial charge in [-0.1, -0.05) is 26.0 Å². The third-order valence-corrected chi connectivity index (χ3v) is 3.21. The first kappa shape index (κ1) is 17.9. The summed E-state index contributed by atoms with van der Waals surface area (Å²) in [4.78, 5) is 20.3. The molecular formula is C16H21ClN4O. The van der Waals surface area contributed by atoms with E-state index < -0.39 is 0 Å². The molecule has 0 fully saturated rings. The van der Waals surface area contributed by atoms with E-state index in [1.807, 2.05) is 38.1 Å². The Labute approximate surface area is 136 Å². The maximum Gasteiger partial charge on any atom is 0.254 e. The van der Waals surface area contributed by atoms with Gasteiger partial charge >= 0.3 is 0 Å². The fraction of sp³-hybridized carbons (Fsp3) is 0.312. The van der Waals surface area contributed by atoms with Crippen molar-refractivity contribution >= 4 is 24.0 Å². The molecule has 1 aromatic heterocycles. The standard InChI is InChI=1S/C16H20N4O.ClH/c1-11(2)15-14(9-18-10-20-15)16(21)19-8-7-12-3-5-13(17)6-4-12;/h3-6,9-11H,7-8,17H2,1-2H3,(H,19,21);1H. The first-order valence-electron chi connectivity index (χ1n) is 7.00. The average molecular weight is 321 g/mol. The van der Waals surface area contributed by atoms with E-state index in [0.717, 1.165) is 23.4 Å². The predicted molar refractivity (Wildman–Crippen MR) is 90.3 cm³/mol. The van der Waals surface area contributed by atoms with Gasteiger partial charge in [0, 0.05) is 18.4 Å². The van der Waals surface area contributed by atoms with Crippen LogP contribution in [-0.2, 0) is 6.42 Å². The fourth-order valence-corrected chi connectivity index (χ4v) is 2.07. The Morgan fingerprint density at radius 2 is 1.95 bits per heavy atom. The summed E-state index contributed by atoms with van der Waals surface area (Å²) >= 11 is 0. The predicted octanol–water partition coefficient (Wildman–Crippen LogP) is 2.58. The van der Waals surface area contributed by atoms with Crippen molar-refractivity contribution < 1.29 is 4.79 Å². The number of nitrogens with zero attached hydrogens (tertiary/aromatic N) is 2. The highest BCUT2D eigenvalue weighted by Gasteiger charge is 2.14. The number of benzene rings is 1. The second kappa shape index (κ2) is 8.34. The van der Waals surface area contributed by atoms with Crippen molar-refractivity contribution in [2.24, 2.45) is 0 Å². The average Bonchev–Trinajstić information content (AvgIpc) is 2.49. The van der Waals surface area contributed by atoms with Crippen LogP contribution in [0.4, 0.5) is 5.69 Å². The minimum atomic E-state index is -0.130. The van der Waals surface area contributed by atoms with Crippen LogP contribution in [0.1, 0.15) is 41.4 Å². The van der Waals surface area contributed by atoms with Crippen LogP contribution in [0.25, 0.3) is 0 Å². The summed E-state index contributed by atoms with van der Waals surface area (Å²) in [6.07, 6.45) is 3.80. The fourth-order valence-electron chi connectivity index (χ4n) is 2.07. The number of hydrogen-bond donors (Lipinski definition) is 2. The van der Waals surface area contributed by atoms with Crippen molar-refractivity contribution in [2.75, 3.05) is 12.3 Å². The van der Waals surface area contributed by atoms with Crippen LogP contribution in [-0.4, -0.2) is 22.4 Å². The summed E-state index contributed by atoms with van der Waals surface area (Å²) in [5.41, 5.74) is 8.84. The number of carbonyl (C=O) groups is 1. The number of amides is 1. The Bertz CT molecular complexity index is 614. The van der Waals surface area contributed by atoms with Crippen LogP contribution in [0.5, 0.6) is 0 Å². The van der Waals surface area contributed by atoms with Crippen LogP contribution in [0.2, 0.25) is 0 Å². The van der Waals surface area contributed by atoms with E-state index in [-0.39, 0.29) is 24.2 Å². The highest BCUT2D eigenvalue weighted by molar-refractivity contribution is 5.95. The zero-order valence-corrected chi connectivity index (χ0v) is 13.6. The molecule has 0 aliphatic carbocycles. The van der Waals surface area contributed by atoms with Crippen LogP contribution in [0.15, 0.2) is 36.8 Å². The van der Waals surface area contributed by atoms with Crippen molar-refractivity contribution in [1.29, 1.82) is 0 Å². The van der Waals surface area contributed by atoms with Gasteiger partial charge in [0.25, 0.3) is 5.91 Å². The molecule has 0 aliphatic rings. The Morgan fingerprint density at radius 3 is 2.59 bits per heavy atom. The quantitative estimate of drug-likeness (QED) is 0.830. The van der Waals surface area contributed by atoms with Gasteiger partial charge in [0.15, 0.2) is 0 Å². The van der Waals surface area contributed by atoms with Gasteiger partial charge in [-0.15, -0.1) is 12.4 Å². The van der Waals surface area contributed by atoms with Crippen LogP contribution in [0.3, 0.4) is 0 Å². The number of anilines is 1. The van der Waals surface area contributed by atoms with Crippen LogP contribution >= 0.6 is 12.4 Å². The first-order chi connectivity index (χ1) is 10.1. The van der Waals surface area contributed by atoms with E-state index in [1.165, 1.54) is 6.33 Å². The topological polar surface area (TPSA) is 80.9 Å². The van der Waals surface area contributed by atoms with Crippen LogP contribution in [0, 0.1) is 0 Å². The number of nitrogen functional groups attached to an aromatic ring is 1. The lowest BCUT2D eigenvalue weighted by Gasteiger charge is -2.11. The van der Waals surface area contributed by atoms with E-state index in [9.17, 15) is 4.79 Å². The minimum Gasteiger partial charge on any atom is -0.399 e. The molecule has 118 valence electrons. The Balaban J connectivity index is 0.00000242. The normalized spacial score (nSPS) is 10.1. The molecule has 22 heavy (non-hydrogen) atoms. The summed E-state index contributed by atoms with van der Waals surface area (Å²) < 4.78 is 0. The molecule has 2 rings (SSSR count). The van der Waals surface area contributed by atoms with Gasteiger partial charge in [-0.3, -0.25) is 4.79 Å². The summed E-state index contributed by atoms with van der Waals surface area (Å²) in [5.74, 6) is 0.0561. The maximum absolute atomic E-state index is 12.2. The second-order valence-electron chi connectivity index (χ2n) is 5.22. The van der Waals surface area contributed by atoms with E-state index in [0.29, 0.717) is 12.1 Å². The summed E-state index contributed by atoms with van der Waals surface area (Å²) in [6, 6.07) is 7.65. The van der Waals surface area contributed by atoms with Gasteiger partial charge in [-0.05, 0) is 30.0 Å². The molecule has 1 heterocycles. The lowest BCUT2D eigenvalue weighted by atomic mass is 10.0. The van der Waals surface area contributed by atoms with Gasteiger partial charge in [0.2, 0.25) is 0 Å². The minimum absolute atomic E-state index is 0. The molecule has 1 amide bonds. The second-order valence-corrected chi connectivity index (χ2v) is 5.22. The highest BCUT2D eigenvalue weighted by atomic mass is 35.5. The van der Waals surface area contributed by atoms with Crippen molar-refractivity contribution in [3.8, 4) is 0 Å². The molecule has 5 nitrogen and oxygen atoms in total. The van der Waals surface area contributed by atoms with E-state index in [2.05, 4.69) is 15.3 Å². The molecule has 0 saturated heterocycles. The van der Waals surface area contributed by atoms with Crippen molar-refractivity contribution in [1.82, 2.24) is 15.3 Å². The van der Waals surface area contributed by atoms with Gasteiger partial charge in [-0.25, -0.2) is 9.97 Å². The molecule has 0 bridgehead atoms. The molecule has 0 saturated carbocycles. The largest absolute Gasteiger partial charge is 0.399 e. The molecule has 0 aliphatic heterocycles. The number of hydrogen-bond acceptors (Lipinski definition) is 4. The number of aromatic nitrogens is 2. The molecule has 1 aromatic carbocycles. The number of nitrogens with one attached hydrogen (secondary N) is 1. The molecule has 0 spiro atoms. The molecule has 0 unspecified atom stereocenters. The molecule has 2 aromatic rings. The number of carbonyl (C=O) groups excluding carboxylic acids is 1. The number of rotatable bonds is 5. The molecule has 0 atom stereocenters. The van der Waals surface area contributed by atoms with E-state index in [1.54, 1.807) is 6.20 Å². The third-order valence-electron chi connectivity index (χ3n) is 3.21. The van der Waals surface area contributed by atoms with Gasteiger partial charge < -0.3 is 11.1 Å². The SMILES string of the molecule is CC(C)c1ncncc1C(=O)NCCc1ccc(N)cc1.Cl. The molecular weight excluding hydrogens is 300 g/mol. The summed E-state index contributed by atoms with van der Waals surface area (Å²) in [7, 11) is 0. The van der Waals surface area contributed by atoms with Gasteiger partial charge in [-0.2, -0.15) is 0 Å². The number of halogens is 1. The van der Waals surface area contributed by atoms with Crippen molar-refractivity contribution in [3.63, 3.8) is 0 Å². The van der Waals surface area contributed by atoms with Gasteiger partial charge in [0.05, 0.1) is 11.3 Å². The van der Waals surface area contributed by atoms with Crippen molar-refractivity contribution in [3.05, 3.63) is 53.6 Å². The molecule has 3 N–H and O–H groups in total. The molecule has 0 radical (unpaired) electrons. The zero-order valence-electron chi connectivity index (χ0n) is 12.7. The third kappa shape index (κ3) is 4.70. The summed E-state index contributed by atoms with van der Waals surface area (Å²) in [5, 5.41) is 2.91. The monoisotopic (exact) mass is 320 g/mol. The van der Waals surface area contributed by atoms with Crippen LogP contribution < -0.4 is 11.1 Å². The van der Waals surface area contributed by atoms with E-state index >= 15 is 0 Å². The Morgan fingerprint density at radius 1 is 1.27 bits per heavy atom.